The molecule has 5 nitrogen and oxygen atoms in total. The van der Waals surface area contributed by atoms with Gasteiger partial charge in [-0.1, -0.05) is 0 Å². The summed E-state index contributed by atoms with van der Waals surface area (Å²) in [5.41, 5.74) is 7.62. The van der Waals surface area contributed by atoms with Crippen LogP contribution in [0.15, 0.2) is 18.2 Å². The smallest absolute Gasteiger partial charge is 0.340 e. The van der Waals surface area contributed by atoms with Crippen LogP contribution in [0.3, 0.4) is 0 Å². The number of carbonyl (C=O) groups excluding carboxylic acids is 1. The quantitative estimate of drug-likeness (QED) is 0.643. The Balaban J connectivity index is 1.73. The number of anilines is 2. The summed E-state index contributed by atoms with van der Waals surface area (Å²) in [5.74, 6) is 0.323. The van der Waals surface area contributed by atoms with E-state index in [0.29, 0.717) is 35.9 Å². The van der Waals surface area contributed by atoms with Crippen LogP contribution in [0.2, 0.25) is 0 Å². The second-order valence-electron chi connectivity index (χ2n) is 5.73. The number of benzene rings is 1. The molecule has 2 atom stereocenters. The summed E-state index contributed by atoms with van der Waals surface area (Å²) >= 11 is 0. The summed E-state index contributed by atoms with van der Waals surface area (Å²) in [5, 5.41) is 3.49. The van der Waals surface area contributed by atoms with Crippen molar-refractivity contribution in [1.29, 1.82) is 0 Å². The molecule has 0 aromatic heterocycles. The lowest BCUT2D eigenvalue weighted by atomic mass is 10.1. The van der Waals surface area contributed by atoms with Crippen molar-refractivity contribution in [2.24, 2.45) is 5.92 Å². The second-order valence-corrected chi connectivity index (χ2v) is 5.73. The van der Waals surface area contributed by atoms with Crippen molar-refractivity contribution in [1.82, 2.24) is 0 Å². The fourth-order valence-corrected chi connectivity index (χ4v) is 2.90. The molecule has 1 saturated heterocycles. The van der Waals surface area contributed by atoms with Crippen molar-refractivity contribution in [3.63, 3.8) is 0 Å². The number of hydrogen-bond acceptors (Lipinski definition) is 5. The first kappa shape index (κ1) is 14.2. The van der Waals surface area contributed by atoms with Crippen molar-refractivity contribution in [3.8, 4) is 0 Å². The highest BCUT2D eigenvalue weighted by Crippen LogP contribution is 2.39. The van der Waals surface area contributed by atoms with E-state index < -0.39 is 0 Å². The van der Waals surface area contributed by atoms with E-state index >= 15 is 0 Å². The van der Waals surface area contributed by atoms with Crippen LogP contribution in [0.5, 0.6) is 0 Å². The Morgan fingerprint density at radius 2 is 2.24 bits per heavy atom. The molecule has 5 heteroatoms. The van der Waals surface area contributed by atoms with Crippen LogP contribution in [0.1, 0.15) is 36.5 Å². The first-order valence-corrected chi connectivity index (χ1v) is 7.64. The van der Waals surface area contributed by atoms with E-state index in [1.54, 1.807) is 19.1 Å². The summed E-state index contributed by atoms with van der Waals surface area (Å²) < 4.78 is 10.9. The topological polar surface area (TPSA) is 73.6 Å². The van der Waals surface area contributed by atoms with Crippen LogP contribution in [-0.4, -0.2) is 31.3 Å². The zero-order chi connectivity index (χ0) is 14.8. The molecule has 21 heavy (non-hydrogen) atoms. The molecular weight excluding hydrogens is 268 g/mol. The number of carbonyl (C=O) groups is 1. The van der Waals surface area contributed by atoms with Gasteiger partial charge < -0.3 is 20.5 Å². The van der Waals surface area contributed by atoms with Crippen LogP contribution in [0, 0.1) is 5.92 Å². The average molecular weight is 290 g/mol. The van der Waals surface area contributed by atoms with Gasteiger partial charge in [0.05, 0.1) is 24.3 Å². The lowest BCUT2D eigenvalue weighted by Gasteiger charge is -2.21. The highest BCUT2D eigenvalue weighted by molar-refractivity contribution is 5.96. The van der Waals surface area contributed by atoms with E-state index in [2.05, 4.69) is 5.32 Å². The van der Waals surface area contributed by atoms with Gasteiger partial charge in [0.25, 0.3) is 0 Å². The third-order valence-electron chi connectivity index (χ3n) is 4.12. The second kappa shape index (κ2) is 5.93. The summed E-state index contributed by atoms with van der Waals surface area (Å²) in [7, 11) is 0. The number of nitrogens with one attached hydrogen (secondary N) is 1. The average Bonchev–Trinajstić information content (AvgIpc) is 3.21. The minimum Gasteiger partial charge on any atom is -0.462 e. The van der Waals surface area contributed by atoms with Gasteiger partial charge in [-0.2, -0.15) is 0 Å². The molecule has 1 aromatic carbocycles. The van der Waals surface area contributed by atoms with Crippen LogP contribution in [0.4, 0.5) is 11.4 Å². The van der Waals surface area contributed by atoms with Gasteiger partial charge in [-0.3, -0.25) is 0 Å². The minimum atomic E-state index is -0.375. The molecule has 1 heterocycles. The molecule has 0 spiro atoms. The third-order valence-corrected chi connectivity index (χ3v) is 4.12. The predicted molar refractivity (Wildman–Crippen MR) is 81.3 cm³/mol. The highest BCUT2D eigenvalue weighted by atomic mass is 16.5. The molecule has 114 valence electrons. The normalized spacial score (nSPS) is 24.8. The van der Waals surface area contributed by atoms with Gasteiger partial charge in [-0.15, -0.1) is 0 Å². The first-order valence-electron chi connectivity index (χ1n) is 7.64. The maximum atomic E-state index is 11.9. The van der Waals surface area contributed by atoms with Gasteiger partial charge in [-0.25, -0.2) is 4.79 Å². The van der Waals surface area contributed by atoms with Crippen LogP contribution in [0.25, 0.3) is 0 Å². The van der Waals surface area contributed by atoms with Gasteiger partial charge in [0.1, 0.15) is 0 Å². The summed E-state index contributed by atoms with van der Waals surface area (Å²) in [6.45, 7) is 2.93. The SMILES string of the molecule is CCOC(=O)c1cc(NC2CCOC2C2CC2)ccc1N. The number of nitrogens with two attached hydrogens (primary N) is 1. The Labute approximate surface area is 124 Å². The Hall–Kier alpha value is -1.75. The Morgan fingerprint density at radius 1 is 1.43 bits per heavy atom. The van der Waals surface area contributed by atoms with Gasteiger partial charge in [0.2, 0.25) is 0 Å². The van der Waals surface area contributed by atoms with E-state index in [-0.39, 0.29) is 5.97 Å². The third kappa shape index (κ3) is 3.13. The molecule has 0 amide bonds. The van der Waals surface area contributed by atoms with E-state index in [0.717, 1.165) is 18.7 Å². The first-order chi connectivity index (χ1) is 10.2. The molecule has 2 fully saturated rings. The lowest BCUT2D eigenvalue weighted by molar-refractivity contribution is 0.0527. The molecule has 1 aliphatic carbocycles. The van der Waals surface area contributed by atoms with Gasteiger partial charge in [-0.05, 0) is 50.3 Å². The predicted octanol–water partition coefficient (Wildman–Crippen LogP) is 2.42. The maximum Gasteiger partial charge on any atom is 0.340 e. The van der Waals surface area contributed by atoms with Crippen molar-refractivity contribution in [2.45, 2.75) is 38.3 Å². The van der Waals surface area contributed by atoms with E-state index in [1.165, 1.54) is 12.8 Å². The Morgan fingerprint density at radius 3 is 2.95 bits per heavy atom. The van der Waals surface area contributed by atoms with E-state index in [9.17, 15) is 4.79 Å². The van der Waals surface area contributed by atoms with Crippen molar-refractivity contribution >= 4 is 17.3 Å². The number of ether oxygens (including phenoxy) is 2. The largest absolute Gasteiger partial charge is 0.462 e. The molecule has 2 aliphatic rings. The molecule has 1 saturated carbocycles. The van der Waals surface area contributed by atoms with Gasteiger partial charge in [0, 0.05) is 18.0 Å². The van der Waals surface area contributed by atoms with Crippen molar-refractivity contribution in [3.05, 3.63) is 23.8 Å². The van der Waals surface area contributed by atoms with Crippen LogP contribution in [-0.2, 0) is 9.47 Å². The van der Waals surface area contributed by atoms with Crippen LogP contribution < -0.4 is 11.1 Å². The molecule has 2 unspecified atom stereocenters. The van der Waals surface area contributed by atoms with Gasteiger partial charge >= 0.3 is 5.97 Å². The molecule has 1 aliphatic heterocycles. The number of nitrogen functional groups attached to an aromatic ring is 1. The molecule has 0 radical (unpaired) electrons. The standard InChI is InChI=1S/C16H22N2O3/c1-2-20-16(19)12-9-11(5-6-13(12)17)18-14-7-8-21-15(14)10-3-4-10/h5-6,9-10,14-15,18H,2-4,7-8,17H2,1H3. The lowest BCUT2D eigenvalue weighted by Crippen LogP contribution is -2.31. The molecule has 3 N–H and O–H groups in total. The minimum absolute atomic E-state index is 0.300. The Kier molecular flexibility index (Phi) is 4.01. The van der Waals surface area contributed by atoms with E-state index in [4.69, 9.17) is 15.2 Å². The number of hydrogen-bond donors (Lipinski definition) is 2. The van der Waals surface area contributed by atoms with Crippen LogP contribution >= 0.6 is 0 Å². The van der Waals surface area contributed by atoms with Crippen molar-refractivity contribution in [2.75, 3.05) is 24.3 Å². The Bertz CT molecular complexity index is 528. The summed E-state index contributed by atoms with van der Waals surface area (Å²) in [4.78, 5) is 11.9. The van der Waals surface area contributed by atoms with E-state index in [1.807, 2.05) is 6.07 Å². The molecule has 0 bridgehead atoms. The summed E-state index contributed by atoms with van der Waals surface area (Å²) in [6, 6.07) is 5.74. The highest BCUT2D eigenvalue weighted by Gasteiger charge is 2.40. The maximum absolute atomic E-state index is 11.9. The molecular formula is C16H22N2O3. The van der Waals surface area contributed by atoms with Crippen molar-refractivity contribution < 1.29 is 14.3 Å². The fraction of sp³-hybridized carbons (Fsp3) is 0.562. The zero-order valence-electron chi connectivity index (χ0n) is 12.3. The molecule has 1 aromatic rings. The summed E-state index contributed by atoms with van der Waals surface area (Å²) in [6.07, 6.45) is 3.83. The molecule has 3 rings (SSSR count). The number of esters is 1. The monoisotopic (exact) mass is 290 g/mol. The fourth-order valence-electron chi connectivity index (χ4n) is 2.90. The zero-order valence-corrected chi connectivity index (χ0v) is 12.3. The number of rotatable bonds is 5. The van der Waals surface area contributed by atoms with Gasteiger partial charge in [0.15, 0.2) is 0 Å².